The third-order valence-corrected chi connectivity index (χ3v) is 2.95. The van der Waals surface area contributed by atoms with Crippen molar-refractivity contribution in [2.75, 3.05) is 12.0 Å². The van der Waals surface area contributed by atoms with Crippen molar-refractivity contribution in [1.29, 1.82) is 0 Å². The fraction of sp³-hybridized carbons (Fsp3) is 0.667. The fourth-order valence-electron chi connectivity index (χ4n) is 1.93. The minimum Gasteiger partial charge on any atom is -0.376 e. The Morgan fingerprint density at radius 3 is 2.94 bits per heavy atom. The second-order valence-electron chi connectivity index (χ2n) is 4.79. The predicted octanol–water partition coefficient (Wildman–Crippen LogP) is 1.42. The van der Waals surface area contributed by atoms with Crippen LogP contribution in [0.25, 0.3) is 0 Å². The molecule has 1 aliphatic heterocycles. The van der Waals surface area contributed by atoms with Crippen molar-refractivity contribution < 1.29 is 4.74 Å². The minimum absolute atomic E-state index is 0.555. The van der Waals surface area contributed by atoms with Gasteiger partial charge < -0.3 is 10.2 Å². The van der Waals surface area contributed by atoms with Gasteiger partial charge in [-0.2, -0.15) is 0 Å². The van der Waals surface area contributed by atoms with Gasteiger partial charge in [0.2, 0.25) is 0 Å². The molecule has 3 N–H and O–H groups in total. The summed E-state index contributed by atoms with van der Waals surface area (Å²) in [4.78, 5) is 9.06. The zero-order valence-corrected chi connectivity index (χ0v) is 10.5. The van der Waals surface area contributed by atoms with Crippen LogP contribution in [0.2, 0.25) is 0 Å². The number of hydrogen-bond acceptors (Lipinski definition) is 5. The Labute approximate surface area is 102 Å². The van der Waals surface area contributed by atoms with Crippen molar-refractivity contribution in [3.05, 3.63) is 17.1 Å². The van der Waals surface area contributed by atoms with Gasteiger partial charge in [-0.25, -0.2) is 15.8 Å². The van der Waals surface area contributed by atoms with E-state index < -0.39 is 0 Å². The second kappa shape index (κ2) is 5.42. The highest BCUT2D eigenvalue weighted by atomic mass is 16.5. The first-order valence-corrected chi connectivity index (χ1v) is 6.13. The first-order chi connectivity index (χ1) is 8.20. The van der Waals surface area contributed by atoms with Crippen molar-refractivity contribution >= 4 is 5.82 Å². The molecule has 0 amide bonds. The van der Waals surface area contributed by atoms with Crippen LogP contribution in [-0.4, -0.2) is 16.6 Å². The van der Waals surface area contributed by atoms with Crippen LogP contribution in [0.5, 0.6) is 0 Å². The molecule has 2 heterocycles. The minimum atomic E-state index is 0.555. The summed E-state index contributed by atoms with van der Waals surface area (Å²) in [5, 5.41) is 0. The van der Waals surface area contributed by atoms with Crippen molar-refractivity contribution in [1.82, 2.24) is 9.97 Å². The number of nitrogens with zero attached hydrogens (tertiary/aromatic N) is 2. The molecule has 17 heavy (non-hydrogen) atoms. The molecule has 5 nitrogen and oxygen atoms in total. The summed E-state index contributed by atoms with van der Waals surface area (Å²) in [6, 6.07) is 0. The number of hydrogen-bond donors (Lipinski definition) is 2. The molecule has 0 aromatic carbocycles. The van der Waals surface area contributed by atoms with E-state index in [1.54, 1.807) is 0 Å². The van der Waals surface area contributed by atoms with E-state index in [2.05, 4.69) is 29.2 Å². The van der Waals surface area contributed by atoms with E-state index in [-0.39, 0.29) is 0 Å². The third-order valence-electron chi connectivity index (χ3n) is 2.95. The quantitative estimate of drug-likeness (QED) is 0.611. The Morgan fingerprint density at radius 1 is 1.41 bits per heavy atom. The number of aryl methyl sites for hydroxylation is 1. The van der Waals surface area contributed by atoms with Gasteiger partial charge in [0.15, 0.2) is 0 Å². The molecule has 0 spiro atoms. The van der Waals surface area contributed by atoms with Crippen LogP contribution in [0.4, 0.5) is 5.82 Å². The molecule has 5 heteroatoms. The van der Waals surface area contributed by atoms with Crippen molar-refractivity contribution in [3.63, 3.8) is 0 Å². The molecule has 1 aromatic rings. The van der Waals surface area contributed by atoms with Gasteiger partial charge in [0.05, 0.1) is 18.9 Å². The molecule has 0 saturated carbocycles. The molecular formula is C12H20N4O. The van der Waals surface area contributed by atoms with E-state index in [4.69, 9.17) is 10.6 Å². The predicted molar refractivity (Wildman–Crippen MR) is 66.4 cm³/mol. The number of aromatic nitrogens is 2. The standard InChI is InChI=1S/C12H20N4O/c1-8(2)3-4-11-14-10-5-6-17-7-9(10)12(15-11)16-13/h8H,3-7,13H2,1-2H3,(H,14,15,16). The van der Waals surface area contributed by atoms with Crippen LogP contribution in [0.3, 0.4) is 0 Å². The largest absolute Gasteiger partial charge is 0.376 e. The average Bonchev–Trinajstić information content (AvgIpc) is 2.35. The normalized spacial score (nSPS) is 14.8. The van der Waals surface area contributed by atoms with E-state index in [0.717, 1.165) is 43.0 Å². The number of rotatable bonds is 4. The van der Waals surface area contributed by atoms with E-state index in [0.29, 0.717) is 18.3 Å². The molecule has 1 aliphatic rings. The molecule has 0 atom stereocenters. The van der Waals surface area contributed by atoms with Gasteiger partial charge in [-0.3, -0.25) is 0 Å². The topological polar surface area (TPSA) is 73.1 Å². The van der Waals surface area contributed by atoms with Gasteiger partial charge in [0, 0.05) is 18.4 Å². The maximum Gasteiger partial charge on any atom is 0.149 e. The Hall–Kier alpha value is -1.20. The molecule has 0 unspecified atom stereocenters. The molecular weight excluding hydrogens is 216 g/mol. The maximum atomic E-state index is 5.50. The van der Waals surface area contributed by atoms with Crippen LogP contribution in [0.15, 0.2) is 0 Å². The molecule has 1 aromatic heterocycles. The SMILES string of the molecule is CC(C)CCc1nc2c(c(NN)n1)COCC2. The second-order valence-corrected chi connectivity index (χ2v) is 4.79. The number of hydrazine groups is 1. The average molecular weight is 236 g/mol. The highest BCUT2D eigenvalue weighted by molar-refractivity contribution is 5.46. The van der Waals surface area contributed by atoms with Crippen molar-refractivity contribution in [2.24, 2.45) is 11.8 Å². The molecule has 0 saturated heterocycles. The summed E-state index contributed by atoms with van der Waals surface area (Å²) in [5.41, 5.74) is 4.74. The Bertz CT molecular complexity index is 375. The van der Waals surface area contributed by atoms with Crippen LogP contribution in [0.1, 0.15) is 37.4 Å². The molecule has 2 rings (SSSR count). The number of nitrogens with one attached hydrogen (secondary N) is 1. The van der Waals surface area contributed by atoms with Gasteiger partial charge >= 0.3 is 0 Å². The van der Waals surface area contributed by atoms with Gasteiger partial charge in [-0.15, -0.1) is 0 Å². The fourth-order valence-corrected chi connectivity index (χ4v) is 1.93. The summed E-state index contributed by atoms with van der Waals surface area (Å²) in [6.45, 7) is 5.69. The zero-order valence-electron chi connectivity index (χ0n) is 10.5. The van der Waals surface area contributed by atoms with E-state index in [1.807, 2.05) is 0 Å². The molecule has 94 valence electrons. The number of nitrogens with two attached hydrogens (primary N) is 1. The van der Waals surface area contributed by atoms with Crippen LogP contribution in [-0.2, 0) is 24.2 Å². The van der Waals surface area contributed by atoms with Gasteiger partial charge in [-0.1, -0.05) is 13.8 Å². The number of fused-ring (bicyclic) bond motifs is 1. The van der Waals surface area contributed by atoms with Crippen LogP contribution in [0, 0.1) is 5.92 Å². The van der Waals surface area contributed by atoms with Crippen LogP contribution < -0.4 is 11.3 Å². The summed E-state index contributed by atoms with van der Waals surface area (Å²) in [6.07, 6.45) is 2.85. The number of ether oxygens (including phenoxy) is 1. The summed E-state index contributed by atoms with van der Waals surface area (Å²) >= 11 is 0. The van der Waals surface area contributed by atoms with Gasteiger partial charge in [-0.05, 0) is 12.3 Å². The monoisotopic (exact) mass is 236 g/mol. The van der Waals surface area contributed by atoms with Gasteiger partial charge in [0.25, 0.3) is 0 Å². The molecule has 0 fully saturated rings. The summed E-state index contributed by atoms with van der Waals surface area (Å²) < 4.78 is 5.40. The van der Waals surface area contributed by atoms with E-state index >= 15 is 0 Å². The lowest BCUT2D eigenvalue weighted by atomic mass is 10.1. The number of nitrogen functional groups attached to an aromatic ring is 1. The molecule has 0 radical (unpaired) electrons. The lowest BCUT2D eigenvalue weighted by Crippen LogP contribution is -2.20. The van der Waals surface area contributed by atoms with Crippen LogP contribution >= 0.6 is 0 Å². The Kier molecular flexibility index (Phi) is 3.91. The zero-order chi connectivity index (χ0) is 12.3. The molecule has 0 bridgehead atoms. The maximum absolute atomic E-state index is 5.50. The number of anilines is 1. The van der Waals surface area contributed by atoms with Crippen molar-refractivity contribution in [3.8, 4) is 0 Å². The van der Waals surface area contributed by atoms with Crippen molar-refractivity contribution in [2.45, 2.75) is 39.7 Å². The lowest BCUT2D eigenvalue weighted by molar-refractivity contribution is 0.109. The summed E-state index contributed by atoms with van der Waals surface area (Å²) in [7, 11) is 0. The highest BCUT2D eigenvalue weighted by Crippen LogP contribution is 2.22. The smallest absolute Gasteiger partial charge is 0.149 e. The highest BCUT2D eigenvalue weighted by Gasteiger charge is 2.17. The Morgan fingerprint density at radius 2 is 2.24 bits per heavy atom. The third kappa shape index (κ3) is 2.92. The van der Waals surface area contributed by atoms with Gasteiger partial charge in [0.1, 0.15) is 11.6 Å². The summed E-state index contributed by atoms with van der Waals surface area (Å²) in [5.74, 6) is 7.76. The Balaban J connectivity index is 2.23. The van der Waals surface area contributed by atoms with E-state index in [1.165, 1.54) is 0 Å². The lowest BCUT2D eigenvalue weighted by Gasteiger charge is -2.19. The molecule has 0 aliphatic carbocycles. The first-order valence-electron chi connectivity index (χ1n) is 6.13. The first kappa shape index (κ1) is 12.3. The van der Waals surface area contributed by atoms with E-state index in [9.17, 15) is 0 Å².